The molecule has 1 aliphatic carbocycles. The molecule has 0 N–H and O–H groups in total. The summed E-state index contributed by atoms with van der Waals surface area (Å²) in [7, 11) is 0. The van der Waals surface area contributed by atoms with Gasteiger partial charge in [-0.05, 0) is 97.1 Å². The van der Waals surface area contributed by atoms with E-state index in [4.69, 9.17) is 0 Å². The molecule has 0 amide bonds. The predicted molar refractivity (Wildman–Crippen MR) is 166 cm³/mol. The highest BCUT2D eigenvalue weighted by atomic mass is 14.4. The van der Waals surface area contributed by atoms with E-state index in [9.17, 15) is 0 Å². The molecule has 0 saturated heterocycles. The second-order valence-corrected chi connectivity index (χ2v) is 11.0. The van der Waals surface area contributed by atoms with Gasteiger partial charge in [0.1, 0.15) is 0 Å². The van der Waals surface area contributed by atoms with Crippen molar-refractivity contribution in [2.45, 2.75) is 19.3 Å². The Bertz CT molecular complexity index is 1740. The van der Waals surface area contributed by atoms with Gasteiger partial charge in [0.15, 0.2) is 0 Å². The van der Waals surface area contributed by atoms with E-state index in [2.05, 4.69) is 159 Å². The van der Waals surface area contributed by atoms with E-state index >= 15 is 0 Å². The normalized spacial score (nSPS) is 13.1. The summed E-state index contributed by atoms with van der Waals surface area (Å²) in [5.74, 6) is 0. The Morgan fingerprint density at radius 3 is 1.05 bits per heavy atom. The lowest BCUT2D eigenvalue weighted by Crippen LogP contribution is -2.15. The van der Waals surface area contributed by atoms with Gasteiger partial charge in [-0.15, -0.1) is 0 Å². The minimum atomic E-state index is -0.0786. The van der Waals surface area contributed by atoms with Crippen LogP contribution in [0.4, 0.5) is 0 Å². The van der Waals surface area contributed by atoms with Gasteiger partial charge in [-0.2, -0.15) is 0 Å². The van der Waals surface area contributed by atoms with Crippen LogP contribution in [0.2, 0.25) is 0 Å². The molecule has 0 heteroatoms. The van der Waals surface area contributed by atoms with Crippen LogP contribution >= 0.6 is 0 Å². The lowest BCUT2D eigenvalue weighted by molar-refractivity contribution is 0.661. The van der Waals surface area contributed by atoms with Crippen LogP contribution in [0.5, 0.6) is 0 Å². The van der Waals surface area contributed by atoms with Crippen LogP contribution < -0.4 is 0 Å². The van der Waals surface area contributed by atoms with Gasteiger partial charge in [0, 0.05) is 5.41 Å². The summed E-state index contributed by atoms with van der Waals surface area (Å²) in [6.45, 7) is 4.73. The third kappa shape index (κ3) is 4.10. The zero-order valence-corrected chi connectivity index (χ0v) is 22.4. The van der Waals surface area contributed by atoms with Gasteiger partial charge in [0.25, 0.3) is 0 Å². The van der Waals surface area contributed by atoms with Crippen LogP contribution in [0.3, 0.4) is 0 Å². The molecule has 39 heavy (non-hydrogen) atoms. The molecule has 0 radical (unpaired) electrons. The van der Waals surface area contributed by atoms with Gasteiger partial charge in [-0.3, -0.25) is 0 Å². The topological polar surface area (TPSA) is 0 Å². The molecule has 0 bridgehead atoms. The molecule has 0 atom stereocenters. The van der Waals surface area contributed by atoms with Crippen molar-refractivity contribution in [2.24, 2.45) is 0 Å². The summed E-state index contributed by atoms with van der Waals surface area (Å²) in [6, 6.07) is 53.1. The van der Waals surface area contributed by atoms with Gasteiger partial charge in [-0.25, -0.2) is 0 Å². The summed E-state index contributed by atoms with van der Waals surface area (Å²) in [5, 5.41) is 0. The third-order valence-electron chi connectivity index (χ3n) is 8.26. The lowest BCUT2D eigenvalue weighted by atomic mass is 9.80. The quantitative estimate of drug-likeness (QED) is 0.227. The maximum absolute atomic E-state index is 2.43. The first-order valence-corrected chi connectivity index (χ1v) is 13.7. The Hall–Kier alpha value is -4.68. The highest BCUT2D eigenvalue weighted by molar-refractivity contribution is 5.87. The van der Waals surface area contributed by atoms with E-state index in [0.29, 0.717) is 0 Å². The average Bonchev–Trinajstić information content (AvgIpc) is 3.23. The van der Waals surface area contributed by atoms with E-state index in [1.807, 2.05) is 0 Å². The fourth-order valence-corrected chi connectivity index (χ4v) is 6.12. The second kappa shape index (κ2) is 9.26. The van der Waals surface area contributed by atoms with E-state index in [1.54, 1.807) is 0 Å². The molecule has 186 valence electrons. The molecular weight excluding hydrogens is 468 g/mol. The lowest BCUT2D eigenvalue weighted by Gasteiger charge is -2.23. The maximum atomic E-state index is 2.43. The Labute approximate surface area is 231 Å². The van der Waals surface area contributed by atoms with Crippen LogP contribution in [-0.4, -0.2) is 0 Å². The Kier molecular flexibility index (Phi) is 5.56. The van der Waals surface area contributed by atoms with Crippen LogP contribution in [0.1, 0.15) is 25.0 Å². The minimum Gasteiger partial charge on any atom is -0.0622 e. The van der Waals surface area contributed by atoms with Gasteiger partial charge in [-0.1, -0.05) is 129 Å². The summed E-state index contributed by atoms with van der Waals surface area (Å²) < 4.78 is 0. The average molecular weight is 499 g/mol. The molecule has 0 spiro atoms. The van der Waals surface area contributed by atoms with Crippen molar-refractivity contribution >= 4 is 0 Å². The van der Waals surface area contributed by atoms with Crippen LogP contribution in [0.15, 0.2) is 146 Å². The SMILES string of the molecule is CC1(C)c2cc(-c3ccccc3)ccc2-c2ccc(-c3cc(-c4ccccc4)cc(-c4ccccc4)c3)cc21. The number of hydrogen-bond acceptors (Lipinski definition) is 0. The largest absolute Gasteiger partial charge is 0.0622 e. The summed E-state index contributed by atoms with van der Waals surface area (Å²) in [4.78, 5) is 0. The Morgan fingerprint density at radius 2 is 0.641 bits per heavy atom. The number of hydrogen-bond donors (Lipinski definition) is 0. The minimum absolute atomic E-state index is 0.0786. The van der Waals surface area contributed by atoms with Gasteiger partial charge in [0.2, 0.25) is 0 Å². The maximum Gasteiger partial charge on any atom is 0.0159 e. The van der Waals surface area contributed by atoms with Crippen LogP contribution in [0.25, 0.3) is 55.6 Å². The van der Waals surface area contributed by atoms with E-state index in [0.717, 1.165) is 0 Å². The molecule has 6 aromatic rings. The van der Waals surface area contributed by atoms with Crippen molar-refractivity contribution < 1.29 is 0 Å². The Balaban J connectivity index is 1.36. The van der Waals surface area contributed by atoms with Crippen LogP contribution in [0, 0.1) is 0 Å². The van der Waals surface area contributed by atoms with E-state index in [1.165, 1.54) is 66.8 Å². The molecule has 0 saturated carbocycles. The first-order chi connectivity index (χ1) is 19.1. The van der Waals surface area contributed by atoms with Gasteiger partial charge in [0.05, 0.1) is 0 Å². The molecule has 7 rings (SSSR count). The first-order valence-electron chi connectivity index (χ1n) is 13.7. The van der Waals surface area contributed by atoms with Crippen molar-refractivity contribution in [1.29, 1.82) is 0 Å². The molecule has 0 aromatic heterocycles. The fraction of sp³-hybridized carbons (Fsp3) is 0.0769. The summed E-state index contributed by atoms with van der Waals surface area (Å²) in [5.41, 5.74) is 15.4. The van der Waals surface area contributed by atoms with E-state index in [-0.39, 0.29) is 5.41 Å². The zero-order valence-electron chi connectivity index (χ0n) is 22.4. The standard InChI is InChI=1S/C39H30/c1-39(2)37-25-30(27-12-6-3-7-13-27)18-20-35(37)36-21-19-31(26-38(36)39)34-23-32(28-14-8-4-9-15-28)22-33(24-34)29-16-10-5-11-17-29/h3-26H,1-2H3. The highest BCUT2D eigenvalue weighted by Gasteiger charge is 2.35. The smallest absolute Gasteiger partial charge is 0.0159 e. The first kappa shape index (κ1) is 23.4. The highest BCUT2D eigenvalue weighted by Crippen LogP contribution is 2.50. The van der Waals surface area contributed by atoms with Crippen molar-refractivity contribution in [3.05, 3.63) is 157 Å². The summed E-state index contributed by atoms with van der Waals surface area (Å²) >= 11 is 0. The molecule has 6 aromatic carbocycles. The molecule has 0 aliphatic heterocycles. The van der Waals surface area contributed by atoms with E-state index < -0.39 is 0 Å². The van der Waals surface area contributed by atoms with Crippen LogP contribution in [-0.2, 0) is 5.41 Å². The van der Waals surface area contributed by atoms with Crippen molar-refractivity contribution in [3.63, 3.8) is 0 Å². The second-order valence-electron chi connectivity index (χ2n) is 11.0. The molecule has 0 fully saturated rings. The number of benzene rings is 6. The van der Waals surface area contributed by atoms with Crippen molar-refractivity contribution in [1.82, 2.24) is 0 Å². The number of fused-ring (bicyclic) bond motifs is 3. The molecule has 1 aliphatic rings. The van der Waals surface area contributed by atoms with Crippen molar-refractivity contribution in [3.8, 4) is 55.6 Å². The number of rotatable bonds is 4. The van der Waals surface area contributed by atoms with Gasteiger partial charge < -0.3 is 0 Å². The Morgan fingerprint density at radius 1 is 0.308 bits per heavy atom. The summed E-state index contributed by atoms with van der Waals surface area (Å²) in [6.07, 6.45) is 0. The molecule has 0 unspecified atom stereocenters. The molecule has 0 heterocycles. The molecule has 0 nitrogen and oxygen atoms in total. The van der Waals surface area contributed by atoms with Crippen molar-refractivity contribution in [2.75, 3.05) is 0 Å². The predicted octanol–water partition coefficient (Wildman–Crippen LogP) is 10.7. The fourth-order valence-electron chi connectivity index (χ4n) is 6.12. The zero-order chi connectivity index (χ0) is 26.4. The monoisotopic (exact) mass is 498 g/mol. The van der Waals surface area contributed by atoms with Gasteiger partial charge >= 0.3 is 0 Å². The third-order valence-corrected chi connectivity index (χ3v) is 8.26. The molecular formula is C39H30.